The number of anilines is 2. The second-order valence-corrected chi connectivity index (χ2v) is 7.30. The molecule has 2 aromatic heterocycles. The predicted octanol–water partition coefficient (Wildman–Crippen LogP) is 0.865. The van der Waals surface area contributed by atoms with Gasteiger partial charge in [-0.2, -0.15) is 0 Å². The monoisotopic (exact) mass is 396 g/mol. The molecule has 4 rings (SSSR count). The Hall–Kier alpha value is -2.71. The topological polar surface area (TPSA) is 73.8 Å². The summed E-state index contributed by atoms with van der Waals surface area (Å²) in [6.45, 7) is 8.42. The Balaban J connectivity index is 1.28. The third-order valence-electron chi connectivity index (χ3n) is 5.42. The van der Waals surface area contributed by atoms with Crippen molar-refractivity contribution < 1.29 is 9.53 Å². The Morgan fingerprint density at radius 1 is 1.03 bits per heavy atom. The van der Waals surface area contributed by atoms with Gasteiger partial charge >= 0.3 is 0 Å². The number of piperazine rings is 1. The Morgan fingerprint density at radius 3 is 2.59 bits per heavy atom. The molecular formula is C21H28N6O2. The second-order valence-electron chi connectivity index (χ2n) is 7.30. The van der Waals surface area contributed by atoms with E-state index in [1.807, 2.05) is 36.7 Å². The Morgan fingerprint density at radius 2 is 1.83 bits per heavy atom. The lowest BCUT2D eigenvalue weighted by atomic mass is 10.2. The standard InChI is InChI=1S/C21H28N6O2/c28-21(24-5-6-25-11-13-29-14-12-25)18-15-19(17-22-16-18)26-7-9-27(10-8-26)20-3-1-2-4-23-20/h1-4,15-17H,5-14H2,(H,24,28). The van der Waals surface area contributed by atoms with Crippen LogP contribution in [0.5, 0.6) is 0 Å². The maximum Gasteiger partial charge on any atom is 0.252 e. The highest BCUT2D eigenvalue weighted by Crippen LogP contribution is 2.19. The van der Waals surface area contributed by atoms with Crippen LogP contribution in [0.1, 0.15) is 10.4 Å². The van der Waals surface area contributed by atoms with Crippen molar-refractivity contribution in [1.29, 1.82) is 0 Å². The van der Waals surface area contributed by atoms with Gasteiger partial charge in [-0.05, 0) is 18.2 Å². The van der Waals surface area contributed by atoms with Crippen LogP contribution in [0, 0.1) is 0 Å². The molecule has 0 spiro atoms. The van der Waals surface area contributed by atoms with Gasteiger partial charge in [0, 0.05) is 64.8 Å². The molecule has 0 radical (unpaired) electrons. The molecule has 0 atom stereocenters. The molecular weight excluding hydrogens is 368 g/mol. The quantitative estimate of drug-likeness (QED) is 0.777. The molecule has 29 heavy (non-hydrogen) atoms. The number of hydrogen-bond acceptors (Lipinski definition) is 7. The molecule has 0 bridgehead atoms. The molecule has 2 fully saturated rings. The van der Waals surface area contributed by atoms with E-state index in [0.29, 0.717) is 12.1 Å². The average molecular weight is 396 g/mol. The van der Waals surface area contributed by atoms with Gasteiger partial charge in [-0.15, -0.1) is 0 Å². The molecule has 1 amide bonds. The van der Waals surface area contributed by atoms with Gasteiger partial charge in [0.2, 0.25) is 0 Å². The molecule has 0 unspecified atom stereocenters. The first-order valence-corrected chi connectivity index (χ1v) is 10.2. The number of nitrogens with one attached hydrogen (secondary N) is 1. The van der Waals surface area contributed by atoms with Crippen LogP contribution in [-0.2, 0) is 4.74 Å². The summed E-state index contributed by atoms with van der Waals surface area (Å²) in [5, 5.41) is 3.01. The summed E-state index contributed by atoms with van der Waals surface area (Å²) in [5.41, 5.74) is 1.60. The maximum absolute atomic E-state index is 12.5. The minimum Gasteiger partial charge on any atom is -0.379 e. The van der Waals surface area contributed by atoms with Crippen molar-refractivity contribution in [3.63, 3.8) is 0 Å². The summed E-state index contributed by atoms with van der Waals surface area (Å²) in [4.78, 5) is 28.1. The van der Waals surface area contributed by atoms with Crippen LogP contribution >= 0.6 is 0 Å². The molecule has 0 saturated carbocycles. The number of pyridine rings is 2. The fourth-order valence-electron chi connectivity index (χ4n) is 3.71. The molecule has 2 aromatic rings. The number of morpholine rings is 1. The highest BCUT2D eigenvalue weighted by Gasteiger charge is 2.19. The fourth-order valence-corrected chi connectivity index (χ4v) is 3.71. The first-order chi connectivity index (χ1) is 14.3. The van der Waals surface area contributed by atoms with Gasteiger partial charge in [0.1, 0.15) is 5.82 Å². The Bertz CT molecular complexity index is 789. The Labute approximate surface area is 171 Å². The van der Waals surface area contributed by atoms with Gasteiger partial charge in [0.25, 0.3) is 5.91 Å². The largest absolute Gasteiger partial charge is 0.379 e. The van der Waals surface area contributed by atoms with Crippen molar-refractivity contribution in [1.82, 2.24) is 20.2 Å². The number of aromatic nitrogens is 2. The average Bonchev–Trinajstić information content (AvgIpc) is 2.80. The number of ether oxygens (including phenoxy) is 1. The zero-order valence-electron chi connectivity index (χ0n) is 16.7. The number of amides is 1. The number of rotatable bonds is 6. The van der Waals surface area contributed by atoms with E-state index < -0.39 is 0 Å². The summed E-state index contributed by atoms with van der Waals surface area (Å²) in [6, 6.07) is 7.93. The van der Waals surface area contributed by atoms with Crippen LogP contribution in [0.4, 0.5) is 11.5 Å². The van der Waals surface area contributed by atoms with Crippen molar-refractivity contribution in [2.45, 2.75) is 0 Å². The zero-order valence-corrected chi connectivity index (χ0v) is 16.7. The van der Waals surface area contributed by atoms with Crippen molar-refractivity contribution in [3.8, 4) is 0 Å². The van der Waals surface area contributed by atoms with Gasteiger partial charge in [-0.3, -0.25) is 14.7 Å². The van der Waals surface area contributed by atoms with Crippen LogP contribution in [0.25, 0.3) is 0 Å². The molecule has 8 nitrogen and oxygen atoms in total. The first kappa shape index (κ1) is 19.6. The van der Waals surface area contributed by atoms with Gasteiger partial charge < -0.3 is 19.9 Å². The van der Waals surface area contributed by atoms with E-state index in [-0.39, 0.29) is 5.91 Å². The smallest absolute Gasteiger partial charge is 0.252 e. The summed E-state index contributed by atoms with van der Waals surface area (Å²) >= 11 is 0. The van der Waals surface area contributed by atoms with Crippen LogP contribution in [-0.4, -0.2) is 86.3 Å². The van der Waals surface area contributed by atoms with Crippen molar-refractivity contribution in [3.05, 3.63) is 48.4 Å². The number of carbonyl (C=O) groups excluding carboxylic acids is 1. The molecule has 4 heterocycles. The van der Waals surface area contributed by atoms with Crippen molar-refractivity contribution in [2.75, 3.05) is 75.4 Å². The second kappa shape index (κ2) is 9.67. The van der Waals surface area contributed by atoms with Crippen molar-refractivity contribution >= 4 is 17.4 Å². The van der Waals surface area contributed by atoms with Gasteiger partial charge in [-0.1, -0.05) is 6.07 Å². The van der Waals surface area contributed by atoms with E-state index in [1.54, 1.807) is 6.20 Å². The van der Waals surface area contributed by atoms with E-state index in [2.05, 4.69) is 30.0 Å². The molecule has 2 aliphatic rings. The maximum atomic E-state index is 12.5. The van der Waals surface area contributed by atoms with Crippen LogP contribution in [0.15, 0.2) is 42.9 Å². The number of carbonyl (C=O) groups is 1. The fraction of sp³-hybridized carbons (Fsp3) is 0.476. The molecule has 154 valence electrons. The molecule has 2 saturated heterocycles. The summed E-state index contributed by atoms with van der Waals surface area (Å²) in [5.74, 6) is 0.943. The third-order valence-corrected chi connectivity index (χ3v) is 5.42. The lowest BCUT2D eigenvalue weighted by Crippen LogP contribution is -2.47. The normalized spacial score (nSPS) is 17.9. The third kappa shape index (κ3) is 5.21. The van der Waals surface area contributed by atoms with Gasteiger partial charge in [-0.25, -0.2) is 4.98 Å². The number of hydrogen-bond donors (Lipinski definition) is 1. The SMILES string of the molecule is O=C(NCCN1CCOCC1)c1cncc(N2CCN(c3ccccn3)CC2)c1. The number of nitrogens with zero attached hydrogens (tertiary/aromatic N) is 5. The van der Waals surface area contributed by atoms with Crippen LogP contribution < -0.4 is 15.1 Å². The predicted molar refractivity (Wildman–Crippen MR) is 112 cm³/mol. The van der Waals surface area contributed by atoms with Gasteiger partial charge in [0.15, 0.2) is 0 Å². The highest BCUT2D eigenvalue weighted by atomic mass is 16.5. The van der Waals surface area contributed by atoms with E-state index >= 15 is 0 Å². The minimum atomic E-state index is -0.0697. The molecule has 1 N–H and O–H groups in total. The van der Waals surface area contributed by atoms with Gasteiger partial charge in [0.05, 0.1) is 30.7 Å². The lowest BCUT2D eigenvalue weighted by Gasteiger charge is -2.36. The van der Waals surface area contributed by atoms with Crippen LogP contribution in [0.2, 0.25) is 0 Å². The summed E-state index contributed by atoms with van der Waals surface area (Å²) in [6.07, 6.45) is 5.30. The zero-order chi connectivity index (χ0) is 19.9. The highest BCUT2D eigenvalue weighted by molar-refractivity contribution is 5.94. The lowest BCUT2D eigenvalue weighted by molar-refractivity contribution is 0.0383. The molecule has 8 heteroatoms. The molecule has 0 aliphatic carbocycles. The van der Waals surface area contributed by atoms with E-state index in [9.17, 15) is 4.79 Å². The summed E-state index contributed by atoms with van der Waals surface area (Å²) in [7, 11) is 0. The minimum absolute atomic E-state index is 0.0697. The van der Waals surface area contributed by atoms with E-state index in [1.165, 1.54) is 0 Å². The van der Waals surface area contributed by atoms with E-state index in [0.717, 1.165) is 70.5 Å². The first-order valence-electron chi connectivity index (χ1n) is 10.2. The molecule has 2 aliphatic heterocycles. The van der Waals surface area contributed by atoms with Crippen molar-refractivity contribution in [2.24, 2.45) is 0 Å². The summed E-state index contributed by atoms with van der Waals surface area (Å²) < 4.78 is 5.35. The molecule has 0 aromatic carbocycles. The van der Waals surface area contributed by atoms with E-state index in [4.69, 9.17) is 4.74 Å². The van der Waals surface area contributed by atoms with Crippen LogP contribution in [0.3, 0.4) is 0 Å². The Kier molecular flexibility index (Phi) is 6.53.